The van der Waals surface area contributed by atoms with E-state index in [0.29, 0.717) is 16.3 Å². The number of halogens is 1. The van der Waals surface area contributed by atoms with Crippen molar-refractivity contribution in [2.45, 2.75) is 0 Å². The summed E-state index contributed by atoms with van der Waals surface area (Å²) in [6.07, 6.45) is 1.51. The third-order valence-electron chi connectivity index (χ3n) is 2.45. The third-order valence-corrected chi connectivity index (χ3v) is 2.78. The van der Waals surface area contributed by atoms with Gasteiger partial charge in [0, 0.05) is 6.20 Å². The Labute approximate surface area is 121 Å². The van der Waals surface area contributed by atoms with Gasteiger partial charge in [0.1, 0.15) is 12.3 Å². The Bertz CT molecular complexity index is 690. The second-order valence-electron chi connectivity index (χ2n) is 3.79. The molecule has 0 aliphatic heterocycles. The summed E-state index contributed by atoms with van der Waals surface area (Å²) >= 11 is 5.98. The largest absolute Gasteiger partial charge is 0.384 e. The number of benzene rings is 1. The molecule has 0 atom stereocenters. The normalized spacial score (nSPS) is 9.50. The van der Waals surface area contributed by atoms with Gasteiger partial charge in [0.15, 0.2) is 0 Å². The smallest absolute Gasteiger partial charge is 0.275 e. The molecule has 1 amide bonds. The van der Waals surface area contributed by atoms with Gasteiger partial charge in [-0.1, -0.05) is 35.6 Å². The SMILES string of the molecule is O=C(Nc1ccccc1Cl)c1ncccc1C#CCO. The molecular weight excluding hydrogens is 276 g/mol. The average Bonchev–Trinajstić information content (AvgIpc) is 2.47. The number of carbonyl (C=O) groups is 1. The molecule has 2 rings (SSSR count). The van der Waals surface area contributed by atoms with E-state index in [1.165, 1.54) is 6.20 Å². The van der Waals surface area contributed by atoms with Crippen molar-refractivity contribution in [2.24, 2.45) is 0 Å². The molecule has 0 aliphatic carbocycles. The van der Waals surface area contributed by atoms with Crippen LogP contribution in [0.25, 0.3) is 0 Å². The highest BCUT2D eigenvalue weighted by molar-refractivity contribution is 6.33. The molecule has 2 aromatic rings. The number of amides is 1. The number of hydrogen-bond donors (Lipinski definition) is 2. The highest BCUT2D eigenvalue weighted by Crippen LogP contribution is 2.21. The maximum absolute atomic E-state index is 12.2. The maximum Gasteiger partial charge on any atom is 0.275 e. The molecule has 20 heavy (non-hydrogen) atoms. The van der Waals surface area contributed by atoms with Crippen LogP contribution >= 0.6 is 11.6 Å². The second kappa shape index (κ2) is 6.71. The van der Waals surface area contributed by atoms with Crippen molar-refractivity contribution in [3.8, 4) is 11.8 Å². The molecule has 2 N–H and O–H groups in total. The fourth-order valence-electron chi connectivity index (χ4n) is 1.57. The number of aliphatic hydroxyl groups is 1. The van der Waals surface area contributed by atoms with E-state index < -0.39 is 5.91 Å². The Morgan fingerprint density at radius 1 is 1.30 bits per heavy atom. The van der Waals surface area contributed by atoms with Crippen LogP contribution < -0.4 is 5.32 Å². The number of aliphatic hydroxyl groups excluding tert-OH is 1. The Morgan fingerprint density at radius 3 is 2.85 bits per heavy atom. The van der Waals surface area contributed by atoms with Crippen LogP contribution in [0.3, 0.4) is 0 Å². The molecular formula is C15H11ClN2O2. The van der Waals surface area contributed by atoms with Gasteiger partial charge in [-0.05, 0) is 24.3 Å². The van der Waals surface area contributed by atoms with Gasteiger partial charge in [0.2, 0.25) is 0 Å². The van der Waals surface area contributed by atoms with Crippen LogP contribution in [0.1, 0.15) is 16.1 Å². The summed E-state index contributed by atoms with van der Waals surface area (Å²) in [6.45, 7) is -0.277. The molecule has 0 saturated heterocycles. The van der Waals surface area contributed by atoms with Gasteiger partial charge in [-0.15, -0.1) is 0 Å². The summed E-state index contributed by atoms with van der Waals surface area (Å²) in [5.74, 6) is 4.78. The molecule has 0 saturated carbocycles. The van der Waals surface area contributed by atoms with Crippen molar-refractivity contribution in [3.63, 3.8) is 0 Å². The molecule has 0 fully saturated rings. The lowest BCUT2D eigenvalue weighted by Gasteiger charge is -2.07. The summed E-state index contributed by atoms with van der Waals surface area (Å²) in [7, 11) is 0. The van der Waals surface area contributed by atoms with Crippen LogP contribution in [-0.2, 0) is 0 Å². The van der Waals surface area contributed by atoms with Gasteiger partial charge in [-0.2, -0.15) is 0 Å². The molecule has 1 aromatic heterocycles. The highest BCUT2D eigenvalue weighted by Gasteiger charge is 2.12. The maximum atomic E-state index is 12.2. The number of nitrogens with zero attached hydrogens (tertiary/aromatic N) is 1. The highest BCUT2D eigenvalue weighted by atomic mass is 35.5. The van der Waals surface area contributed by atoms with Crippen LogP contribution in [0.15, 0.2) is 42.6 Å². The van der Waals surface area contributed by atoms with Crippen LogP contribution in [0, 0.1) is 11.8 Å². The quantitative estimate of drug-likeness (QED) is 0.833. The van der Waals surface area contributed by atoms with Crippen LogP contribution in [0.2, 0.25) is 5.02 Å². The van der Waals surface area contributed by atoms with Gasteiger partial charge < -0.3 is 10.4 Å². The number of aromatic nitrogens is 1. The summed E-state index contributed by atoms with van der Waals surface area (Å²) < 4.78 is 0. The molecule has 4 nitrogen and oxygen atoms in total. The van der Waals surface area contributed by atoms with Gasteiger partial charge in [0.25, 0.3) is 5.91 Å². The standard InChI is InChI=1S/C15H11ClN2O2/c16-12-7-1-2-8-13(12)18-15(20)14-11(6-4-10-19)5-3-9-17-14/h1-3,5,7-9,19H,10H2,(H,18,20). The predicted octanol–water partition coefficient (Wildman–Crippen LogP) is 2.33. The first kappa shape index (κ1) is 14.1. The third kappa shape index (κ3) is 3.35. The zero-order chi connectivity index (χ0) is 14.4. The summed E-state index contributed by atoms with van der Waals surface area (Å²) in [4.78, 5) is 16.2. The predicted molar refractivity (Wildman–Crippen MR) is 77.6 cm³/mol. The van der Waals surface area contributed by atoms with Gasteiger partial charge in [-0.3, -0.25) is 4.79 Å². The molecule has 5 heteroatoms. The Hall–Kier alpha value is -2.35. The number of rotatable bonds is 2. The Balaban J connectivity index is 2.28. The van der Waals surface area contributed by atoms with Crippen LogP contribution in [0.4, 0.5) is 5.69 Å². The number of nitrogens with one attached hydrogen (secondary N) is 1. The first-order valence-electron chi connectivity index (χ1n) is 5.83. The fourth-order valence-corrected chi connectivity index (χ4v) is 1.75. The van der Waals surface area contributed by atoms with E-state index in [9.17, 15) is 4.79 Å². The van der Waals surface area contributed by atoms with E-state index in [0.717, 1.165) is 0 Å². The first-order valence-corrected chi connectivity index (χ1v) is 6.21. The monoisotopic (exact) mass is 286 g/mol. The van der Waals surface area contributed by atoms with E-state index in [1.807, 2.05) is 0 Å². The number of hydrogen-bond acceptors (Lipinski definition) is 3. The van der Waals surface area contributed by atoms with E-state index in [-0.39, 0.29) is 12.3 Å². The van der Waals surface area contributed by atoms with Gasteiger partial charge >= 0.3 is 0 Å². The zero-order valence-electron chi connectivity index (χ0n) is 10.4. The van der Waals surface area contributed by atoms with E-state index in [4.69, 9.17) is 16.7 Å². The number of para-hydroxylation sites is 1. The van der Waals surface area contributed by atoms with Crippen molar-refractivity contribution in [1.82, 2.24) is 4.98 Å². The molecule has 0 spiro atoms. The summed E-state index contributed by atoms with van der Waals surface area (Å²) in [5, 5.41) is 11.8. The lowest BCUT2D eigenvalue weighted by molar-refractivity contribution is 0.102. The Morgan fingerprint density at radius 2 is 2.10 bits per heavy atom. The molecule has 1 heterocycles. The molecule has 1 aromatic carbocycles. The number of carbonyl (C=O) groups excluding carboxylic acids is 1. The lowest BCUT2D eigenvalue weighted by atomic mass is 10.2. The van der Waals surface area contributed by atoms with Gasteiger partial charge in [-0.25, -0.2) is 4.98 Å². The van der Waals surface area contributed by atoms with E-state index >= 15 is 0 Å². The molecule has 0 unspecified atom stereocenters. The number of anilines is 1. The molecule has 0 radical (unpaired) electrons. The van der Waals surface area contributed by atoms with Crippen molar-refractivity contribution in [3.05, 3.63) is 58.9 Å². The number of pyridine rings is 1. The minimum Gasteiger partial charge on any atom is -0.384 e. The first-order chi connectivity index (χ1) is 9.72. The van der Waals surface area contributed by atoms with Crippen LogP contribution in [0.5, 0.6) is 0 Å². The lowest BCUT2D eigenvalue weighted by Crippen LogP contribution is -2.15. The Kier molecular flexibility index (Phi) is 4.72. The van der Waals surface area contributed by atoms with Crippen molar-refractivity contribution >= 4 is 23.2 Å². The second-order valence-corrected chi connectivity index (χ2v) is 4.20. The zero-order valence-corrected chi connectivity index (χ0v) is 11.2. The van der Waals surface area contributed by atoms with Crippen LogP contribution in [-0.4, -0.2) is 22.6 Å². The van der Waals surface area contributed by atoms with Crippen molar-refractivity contribution < 1.29 is 9.90 Å². The minimum absolute atomic E-state index is 0.188. The van der Waals surface area contributed by atoms with E-state index in [2.05, 4.69) is 22.1 Å². The van der Waals surface area contributed by atoms with E-state index in [1.54, 1.807) is 36.4 Å². The average molecular weight is 287 g/mol. The molecule has 0 aliphatic rings. The topological polar surface area (TPSA) is 62.2 Å². The summed E-state index contributed by atoms with van der Waals surface area (Å²) in [5.41, 5.74) is 1.14. The van der Waals surface area contributed by atoms with Crippen molar-refractivity contribution in [1.29, 1.82) is 0 Å². The minimum atomic E-state index is -0.402. The molecule has 100 valence electrons. The van der Waals surface area contributed by atoms with Crippen molar-refractivity contribution in [2.75, 3.05) is 11.9 Å². The van der Waals surface area contributed by atoms with Gasteiger partial charge in [0.05, 0.1) is 16.3 Å². The molecule has 0 bridgehead atoms. The summed E-state index contributed by atoms with van der Waals surface area (Å²) in [6, 6.07) is 10.3. The fraction of sp³-hybridized carbons (Fsp3) is 0.0667.